The van der Waals surface area contributed by atoms with E-state index in [2.05, 4.69) is 5.32 Å². The van der Waals surface area contributed by atoms with E-state index in [4.69, 9.17) is 4.74 Å². The van der Waals surface area contributed by atoms with Crippen molar-refractivity contribution in [2.24, 2.45) is 0 Å². The van der Waals surface area contributed by atoms with E-state index in [-0.39, 0.29) is 0 Å². The molecular formula is C12H16F3NO3S. The fourth-order valence-electron chi connectivity index (χ4n) is 1.37. The third-order valence-electron chi connectivity index (χ3n) is 2.36. The molecule has 4 nitrogen and oxygen atoms in total. The molecular weight excluding hydrogens is 295 g/mol. The maximum Gasteiger partial charge on any atom is 0.501 e. The number of hydrogen-bond acceptors (Lipinski definition) is 4. The molecule has 114 valence electrons. The van der Waals surface area contributed by atoms with Gasteiger partial charge in [0.15, 0.2) is 0 Å². The van der Waals surface area contributed by atoms with Crippen LogP contribution >= 0.6 is 0 Å². The lowest BCUT2D eigenvalue weighted by molar-refractivity contribution is -0.0436. The molecule has 0 aromatic heterocycles. The molecule has 0 atom stereocenters. The third kappa shape index (κ3) is 4.38. The van der Waals surface area contributed by atoms with Crippen molar-refractivity contribution in [1.29, 1.82) is 0 Å². The van der Waals surface area contributed by atoms with Gasteiger partial charge in [0, 0.05) is 12.6 Å². The van der Waals surface area contributed by atoms with Crippen LogP contribution in [0.1, 0.15) is 13.8 Å². The molecule has 0 heterocycles. The minimum atomic E-state index is -5.30. The van der Waals surface area contributed by atoms with Gasteiger partial charge in [-0.1, -0.05) is 13.8 Å². The Balaban J connectivity index is 2.66. The van der Waals surface area contributed by atoms with Crippen LogP contribution in [0.2, 0.25) is 0 Å². The van der Waals surface area contributed by atoms with Crippen molar-refractivity contribution in [2.75, 3.05) is 13.2 Å². The Bertz CT molecular complexity index is 524. The fourth-order valence-corrected chi connectivity index (χ4v) is 2.13. The summed E-state index contributed by atoms with van der Waals surface area (Å²) in [4.78, 5) is -0.794. The summed E-state index contributed by atoms with van der Waals surface area (Å²) in [6.07, 6.45) is 0. The molecule has 1 N–H and O–H groups in total. The van der Waals surface area contributed by atoms with Crippen LogP contribution < -0.4 is 10.1 Å². The zero-order chi connectivity index (χ0) is 15.4. The first-order chi connectivity index (χ1) is 9.14. The Morgan fingerprint density at radius 1 is 1.20 bits per heavy atom. The molecule has 0 spiro atoms. The van der Waals surface area contributed by atoms with Gasteiger partial charge in [0.25, 0.3) is 9.84 Å². The predicted octanol–water partition coefficient (Wildman–Crippen LogP) is 2.36. The summed E-state index contributed by atoms with van der Waals surface area (Å²) in [5.41, 5.74) is -5.30. The zero-order valence-corrected chi connectivity index (χ0v) is 11.9. The maximum atomic E-state index is 12.3. The lowest BCUT2D eigenvalue weighted by Gasteiger charge is -2.11. The van der Waals surface area contributed by atoms with Gasteiger partial charge >= 0.3 is 5.51 Å². The Kier molecular flexibility index (Phi) is 5.41. The van der Waals surface area contributed by atoms with Crippen LogP contribution in [0.25, 0.3) is 0 Å². The summed E-state index contributed by atoms with van der Waals surface area (Å²) in [7, 11) is -5.30. The zero-order valence-electron chi connectivity index (χ0n) is 11.1. The van der Waals surface area contributed by atoms with E-state index in [1.54, 1.807) is 0 Å². The molecule has 0 bridgehead atoms. The van der Waals surface area contributed by atoms with Crippen LogP contribution in [0, 0.1) is 0 Å². The first-order valence-electron chi connectivity index (χ1n) is 5.92. The van der Waals surface area contributed by atoms with Crippen molar-refractivity contribution >= 4 is 9.84 Å². The highest BCUT2D eigenvalue weighted by Gasteiger charge is 2.46. The summed E-state index contributed by atoms with van der Waals surface area (Å²) in [6.45, 7) is 4.86. The summed E-state index contributed by atoms with van der Waals surface area (Å²) < 4.78 is 64.5. The van der Waals surface area contributed by atoms with Gasteiger partial charge in [-0.2, -0.15) is 13.2 Å². The number of sulfone groups is 1. The number of hydrogen-bond donors (Lipinski definition) is 1. The van der Waals surface area contributed by atoms with Crippen molar-refractivity contribution < 1.29 is 26.3 Å². The van der Waals surface area contributed by atoms with Crippen LogP contribution in [0.15, 0.2) is 29.2 Å². The highest BCUT2D eigenvalue weighted by Crippen LogP contribution is 2.30. The topological polar surface area (TPSA) is 55.4 Å². The Morgan fingerprint density at radius 2 is 1.75 bits per heavy atom. The molecule has 0 amide bonds. The quantitative estimate of drug-likeness (QED) is 0.820. The second-order valence-electron chi connectivity index (χ2n) is 4.38. The van der Waals surface area contributed by atoms with E-state index in [1.165, 1.54) is 12.1 Å². The Morgan fingerprint density at radius 3 is 2.20 bits per heavy atom. The fraction of sp³-hybridized carbons (Fsp3) is 0.500. The Labute approximate surface area is 115 Å². The molecule has 0 aliphatic carbocycles. The lowest BCUT2D eigenvalue weighted by atomic mass is 10.3. The highest BCUT2D eigenvalue weighted by atomic mass is 32.2. The van der Waals surface area contributed by atoms with E-state index < -0.39 is 20.2 Å². The number of halogens is 3. The summed E-state index contributed by atoms with van der Waals surface area (Å²) in [5, 5.41) is 3.10. The molecule has 0 saturated carbocycles. The second kappa shape index (κ2) is 6.45. The van der Waals surface area contributed by atoms with E-state index in [1.807, 2.05) is 13.8 Å². The first-order valence-corrected chi connectivity index (χ1v) is 7.40. The number of ether oxygens (including phenoxy) is 1. The molecule has 0 unspecified atom stereocenters. The van der Waals surface area contributed by atoms with Gasteiger partial charge in [-0.25, -0.2) is 8.42 Å². The third-order valence-corrected chi connectivity index (χ3v) is 3.86. The summed E-state index contributed by atoms with van der Waals surface area (Å²) >= 11 is 0. The predicted molar refractivity (Wildman–Crippen MR) is 68.3 cm³/mol. The summed E-state index contributed by atoms with van der Waals surface area (Å²) in [5.74, 6) is 0.316. The molecule has 0 aliphatic heterocycles. The van der Waals surface area contributed by atoms with Gasteiger partial charge in [-0.05, 0) is 24.3 Å². The van der Waals surface area contributed by atoms with Gasteiger partial charge in [0.1, 0.15) is 12.4 Å². The Hall–Kier alpha value is -1.28. The van der Waals surface area contributed by atoms with Crippen molar-refractivity contribution in [3.8, 4) is 5.75 Å². The molecule has 0 radical (unpaired) electrons. The lowest BCUT2D eigenvalue weighted by Crippen LogP contribution is -2.27. The van der Waals surface area contributed by atoms with Gasteiger partial charge in [-0.15, -0.1) is 0 Å². The minimum Gasteiger partial charge on any atom is -0.492 e. The molecule has 20 heavy (non-hydrogen) atoms. The molecule has 0 fully saturated rings. The number of alkyl halides is 3. The molecule has 1 aromatic rings. The van der Waals surface area contributed by atoms with Crippen LogP contribution in [0.5, 0.6) is 5.75 Å². The average molecular weight is 311 g/mol. The van der Waals surface area contributed by atoms with Gasteiger partial charge < -0.3 is 10.1 Å². The number of nitrogens with one attached hydrogen (secondary N) is 1. The van der Waals surface area contributed by atoms with E-state index >= 15 is 0 Å². The largest absolute Gasteiger partial charge is 0.501 e. The maximum absolute atomic E-state index is 12.3. The van der Waals surface area contributed by atoms with E-state index in [0.29, 0.717) is 24.9 Å². The molecule has 1 rings (SSSR count). The SMILES string of the molecule is CC(C)NCCOc1ccc(S(=O)(=O)C(F)(F)F)cc1. The number of rotatable bonds is 6. The second-order valence-corrected chi connectivity index (χ2v) is 6.32. The van der Waals surface area contributed by atoms with Crippen molar-refractivity contribution in [1.82, 2.24) is 5.32 Å². The van der Waals surface area contributed by atoms with Gasteiger partial charge in [-0.3, -0.25) is 0 Å². The monoisotopic (exact) mass is 311 g/mol. The van der Waals surface area contributed by atoms with Crippen LogP contribution in [0.3, 0.4) is 0 Å². The molecule has 0 aliphatic rings. The van der Waals surface area contributed by atoms with E-state index in [9.17, 15) is 21.6 Å². The standard InChI is InChI=1S/C12H16F3NO3S/c1-9(2)16-7-8-19-10-3-5-11(6-4-10)20(17,18)12(13,14)15/h3-6,9,16H,7-8H2,1-2H3. The van der Waals surface area contributed by atoms with Crippen molar-refractivity contribution in [3.05, 3.63) is 24.3 Å². The molecule has 1 aromatic carbocycles. The molecule has 0 saturated heterocycles. The van der Waals surface area contributed by atoms with Crippen LogP contribution in [0.4, 0.5) is 13.2 Å². The van der Waals surface area contributed by atoms with E-state index in [0.717, 1.165) is 12.1 Å². The van der Waals surface area contributed by atoms with Crippen molar-refractivity contribution in [2.45, 2.75) is 30.3 Å². The highest BCUT2D eigenvalue weighted by molar-refractivity contribution is 7.92. The van der Waals surface area contributed by atoms with Gasteiger partial charge in [0.05, 0.1) is 4.90 Å². The normalized spacial score (nSPS) is 12.7. The van der Waals surface area contributed by atoms with Crippen LogP contribution in [-0.2, 0) is 9.84 Å². The molecule has 8 heteroatoms. The first kappa shape index (κ1) is 16.8. The summed E-state index contributed by atoms with van der Waals surface area (Å²) in [6, 6.07) is 4.47. The number of benzene rings is 1. The smallest absolute Gasteiger partial charge is 0.492 e. The van der Waals surface area contributed by atoms with Gasteiger partial charge in [0.2, 0.25) is 0 Å². The van der Waals surface area contributed by atoms with Crippen molar-refractivity contribution in [3.63, 3.8) is 0 Å². The van der Waals surface area contributed by atoms with Crippen LogP contribution in [-0.4, -0.2) is 33.1 Å². The minimum absolute atomic E-state index is 0.304. The average Bonchev–Trinajstić information content (AvgIpc) is 2.33.